The summed E-state index contributed by atoms with van der Waals surface area (Å²) in [6.07, 6.45) is -3.92. The molecule has 39 heavy (non-hydrogen) atoms. The summed E-state index contributed by atoms with van der Waals surface area (Å²) in [5, 5.41) is 22.3. The summed E-state index contributed by atoms with van der Waals surface area (Å²) in [4.78, 5) is 23.8. The van der Waals surface area contributed by atoms with Crippen LogP contribution in [0.1, 0.15) is 43.4 Å². The number of benzene rings is 3. The molecule has 1 fully saturated rings. The molecular weight excluding hydrogens is 516 g/mol. The largest absolute Gasteiger partial charge is 0.456 e. The smallest absolute Gasteiger partial charge is 0.306 e. The SMILES string of the molecule is CC(=O)CCC(=O)O[C@@H]1[C@@H](O)[C@H](S)O[C@H](COC(c2ccccc2)(c2ccccc2)c2ccccc2)[C@@]1(C)O. The molecule has 5 atom stereocenters. The second-order valence-electron chi connectivity index (χ2n) is 9.93. The number of aliphatic hydroxyl groups excluding tert-OH is 1. The van der Waals surface area contributed by atoms with Crippen LogP contribution in [-0.2, 0) is 29.4 Å². The lowest BCUT2D eigenvalue weighted by Gasteiger charge is -2.48. The number of hydrogen-bond donors (Lipinski definition) is 3. The molecule has 0 aromatic heterocycles. The lowest BCUT2D eigenvalue weighted by Crippen LogP contribution is -2.66. The summed E-state index contributed by atoms with van der Waals surface area (Å²) in [5.74, 6) is -0.868. The highest BCUT2D eigenvalue weighted by Crippen LogP contribution is 2.42. The minimum Gasteiger partial charge on any atom is -0.456 e. The molecule has 1 aliphatic heterocycles. The fourth-order valence-corrected chi connectivity index (χ4v) is 5.21. The Bertz CT molecular complexity index is 1140. The van der Waals surface area contributed by atoms with Crippen molar-refractivity contribution in [2.45, 2.75) is 61.6 Å². The Balaban J connectivity index is 1.70. The van der Waals surface area contributed by atoms with Gasteiger partial charge in [0.05, 0.1) is 13.0 Å². The van der Waals surface area contributed by atoms with Crippen molar-refractivity contribution in [3.63, 3.8) is 0 Å². The highest BCUT2D eigenvalue weighted by molar-refractivity contribution is 7.80. The van der Waals surface area contributed by atoms with Crippen LogP contribution in [0, 0.1) is 0 Å². The first-order valence-electron chi connectivity index (χ1n) is 12.9. The number of rotatable bonds is 10. The maximum atomic E-state index is 12.4. The van der Waals surface area contributed by atoms with Crippen LogP contribution in [0.3, 0.4) is 0 Å². The molecule has 8 heteroatoms. The molecular formula is C31H34O7S. The van der Waals surface area contributed by atoms with Crippen molar-refractivity contribution in [2.24, 2.45) is 0 Å². The van der Waals surface area contributed by atoms with Crippen LogP contribution < -0.4 is 0 Å². The van der Waals surface area contributed by atoms with E-state index >= 15 is 0 Å². The van der Waals surface area contributed by atoms with Crippen molar-refractivity contribution in [1.82, 2.24) is 0 Å². The summed E-state index contributed by atoms with van der Waals surface area (Å²) in [5.41, 5.74) is -1.35. The number of Topliss-reactive ketones (excluding diaryl/α,β-unsaturated/α-hetero) is 1. The van der Waals surface area contributed by atoms with E-state index in [0.717, 1.165) is 16.7 Å². The second kappa shape index (κ2) is 12.4. The van der Waals surface area contributed by atoms with E-state index < -0.39 is 40.9 Å². The van der Waals surface area contributed by atoms with Gasteiger partial charge >= 0.3 is 5.97 Å². The number of carbonyl (C=O) groups is 2. The van der Waals surface area contributed by atoms with Gasteiger partial charge in [-0.25, -0.2) is 0 Å². The van der Waals surface area contributed by atoms with E-state index in [1.165, 1.54) is 13.8 Å². The molecule has 7 nitrogen and oxygen atoms in total. The maximum absolute atomic E-state index is 12.4. The number of aliphatic hydroxyl groups is 2. The van der Waals surface area contributed by atoms with Crippen LogP contribution in [0.4, 0.5) is 0 Å². The lowest BCUT2D eigenvalue weighted by atomic mass is 9.79. The standard InChI is InChI=1S/C31H34O7S/c1-21(32)18-19-26(33)38-28-27(34)29(39)37-25(30(28,2)35)20-36-31(22-12-6-3-7-13-22,23-14-8-4-9-15-23)24-16-10-5-11-17-24/h3-17,25,27-29,34-35,39H,18-20H2,1-2H3/t25-,27-,28-,29+,30-/m1/s1. The van der Waals surface area contributed by atoms with Gasteiger partial charge in [0.25, 0.3) is 0 Å². The van der Waals surface area contributed by atoms with Crippen molar-refractivity contribution in [3.8, 4) is 0 Å². The predicted octanol–water partition coefficient (Wildman–Crippen LogP) is 4.04. The number of esters is 1. The molecule has 1 heterocycles. The van der Waals surface area contributed by atoms with Crippen LogP contribution in [0.5, 0.6) is 0 Å². The fraction of sp³-hybridized carbons (Fsp3) is 0.355. The topological polar surface area (TPSA) is 102 Å². The molecule has 206 valence electrons. The average Bonchev–Trinajstić information content (AvgIpc) is 2.95. The van der Waals surface area contributed by atoms with Crippen molar-refractivity contribution >= 4 is 24.4 Å². The summed E-state index contributed by atoms with van der Waals surface area (Å²) in [6, 6.07) is 29.2. The summed E-state index contributed by atoms with van der Waals surface area (Å²) < 4.78 is 18.2. The van der Waals surface area contributed by atoms with Crippen LogP contribution in [0.2, 0.25) is 0 Å². The third kappa shape index (κ3) is 6.26. The Kier molecular flexibility index (Phi) is 9.25. The summed E-state index contributed by atoms with van der Waals surface area (Å²) in [6.45, 7) is 2.68. The van der Waals surface area contributed by atoms with Gasteiger partial charge in [0.2, 0.25) is 0 Å². The molecule has 0 spiro atoms. The van der Waals surface area contributed by atoms with Crippen molar-refractivity contribution in [3.05, 3.63) is 108 Å². The molecule has 1 saturated heterocycles. The average molecular weight is 551 g/mol. The van der Waals surface area contributed by atoms with Crippen molar-refractivity contribution in [2.75, 3.05) is 6.61 Å². The van der Waals surface area contributed by atoms with E-state index in [0.29, 0.717) is 0 Å². The molecule has 0 saturated carbocycles. The summed E-state index contributed by atoms with van der Waals surface area (Å²) in [7, 11) is 0. The molecule has 1 aliphatic rings. The molecule has 0 bridgehead atoms. The second-order valence-corrected chi connectivity index (χ2v) is 10.4. The Labute approximate surface area is 234 Å². The molecule has 3 aromatic rings. The minimum atomic E-state index is -1.83. The van der Waals surface area contributed by atoms with Gasteiger partial charge in [0.15, 0.2) is 6.10 Å². The van der Waals surface area contributed by atoms with Crippen molar-refractivity contribution < 1.29 is 34.0 Å². The van der Waals surface area contributed by atoms with E-state index in [2.05, 4.69) is 12.6 Å². The summed E-state index contributed by atoms with van der Waals surface area (Å²) >= 11 is 4.35. The van der Waals surface area contributed by atoms with Gasteiger partial charge in [-0.2, -0.15) is 0 Å². The zero-order valence-electron chi connectivity index (χ0n) is 22.0. The Morgan fingerprint density at radius 3 is 1.79 bits per heavy atom. The molecule has 4 rings (SSSR count). The molecule has 3 aromatic carbocycles. The van der Waals surface area contributed by atoms with E-state index in [1.807, 2.05) is 91.0 Å². The number of ketones is 1. The van der Waals surface area contributed by atoms with Gasteiger partial charge in [-0.3, -0.25) is 4.79 Å². The third-order valence-electron chi connectivity index (χ3n) is 7.07. The zero-order chi connectivity index (χ0) is 28.0. The molecule has 2 N–H and O–H groups in total. The van der Waals surface area contributed by atoms with Gasteiger partial charge < -0.3 is 29.2 Å². The first-order valence-corrected chi connectivity index (χ1v) is 13.4. The van der Waals surface area contributed by atoms with Gasteiger partial charge in [-0.1, -0.05) is 91.0 Å². The molecule has 0 radical (unpaired) electrons. The first-order chi connectivity index (χ1) is 18.7. The first kappa shape index (κ1) is 29.0. The highest BCUT2D eigenvalue weighted by atomic mass is 32.1. The number of hydrogen-bond acceptors (Lipinski definition) is 8. The number of ether oxygens (including phenoxy) is 3. The Morgan fingerprint density at radius 1 is 0.897 bits per heavy atom. The molecule has 0 aliphatic carbocycles. The third-order valence-corrected chi connectivity index (χ3v) is 7.49. The highest BCUT2D eigenvalue weighted by Gasteiger charge is 2.54. The van der Waals surface area contributed by atoms with E-state index in [4.69, 9.17) is 14.2 Å². The zero-order valence-corrected chi connectivity index (χ0v) is 22.9. The Morgan fingerprint density at radius 2 is 1.36 bits per heavy atom. The molecule has 0 amide bonds. The van der Waals surface area contributed by atoms with E-state index in [9.17, 15) is 19.8 Å². The van der Waals surface area contributed by atoms with Crippen molar-refractivity contribution in [1.29, 1.82) is 0 Å². The van der Waals surface area contributed by atoms with Crippen LogP contribution in [0.15, 0.2) is 91.0 Å². The predicted molar refractivity (Wildman–Crippen MR) is 149 cm³/mol. The van der Waals surface area contributed by atoms with Gasteiger partial charge in [-0.15, -0.1) is 12.6 Å². The van der Waals surface area contributed by atoms with Gasteiger partial charge in [0.1, 0.15) is 34.6 Å². The minimum absolute atomic E-state index is 0.00484. The quantitative estimate of drug-likeness (QED) is 0.199. The van der Waals surface area contributed by atoms with Gasteiger partial charge in [-0.05, 0) is 30.5 Å². The van der Waals surface area contributed by atoms with Gasteiger partial charge in [0, 0.05) is 6.42 Å². The number of carbonyl (C=O) groups excluding carboxylic acids is 2. The molecule has 0 unspecified atom stereocenters. The van der Waals surface area contributed by atoms with Crippen LogP contribution >= 0.6 is 12.6 Å². The van der Waals surface area contributed by atoms with Crippen LogP contribution in [-0.4, -0.2) is 57.9 Å². The monoisotopic (exact) mass is 550 g/mol. The lowest BCUT2D eigenvalue weighted by molar-refractivity contribution is -0.264. The Hall–Kier alpha value is -3.01. The number of thiol groups is 1. The van der Waals surface area contributed by atoms with E-state index in [1.54, 1.807) is 0 Å². The normalized spacial score (nSPS) is 25.2. The van der Waals surface area contributed by atoms with E-state index in [-0.39, 0.29) is 25.2 Å². The maximum Gasteiger partial charge on any atom is 0.306 e. The van der Waals surface area contributed by atoms with Crippen LogP contribution in [0.25, 0.3) is 0 Å². The fourth-order valence-electron chi connectivity index (χ4n) is 4.91.